The van der Waals surface area contributed by atoms with E-state index >= 15 is 0 Å². The van der Waals surface area contributed by atoms with E-state index in [1.165, 1.54) is 0 Å². The van der Waals surface area contributed by atoms with E-state index in [4.69, 9.17) is 9.84 Å². The largest absolute Gasteiger partial charge is 0.481 e. The minimum absolute atomic E-state index is 0.00162. The first-order valence-corrected chi connectivity index (χ1v) is 6.13. The molecule has 1 atom stereocenters. The molecule has 0 aromatic rings. The summed E-state index contributed by atoms with van der Waals surface area (Å²) < 4.78 is 5.48. The summed E-state index contributed by atoms with van der Waals surface area (Å²) in [5.74, 6) is -0.981. The number of carboxylic acid groups (broad SMARTS) is 1. The quantitative estimate of drug-likeness (QED) is 0.759. The fraction of sp³-hybridized carbons (Fsp3) is 0.833. The van der Waals surface area contributed by atoms with Crippen LogP contribution in [-0.4, -0.2) is 47.7 Å². The lowest BCUT2D eigenvalue weighted by molar-refractivity contribution is -0.140. The van der Waals surface area contributed by atoms with Crippen LogP contribution in [0.2, 0.25) is 0 Å². The summed E-state index contributed by atoms with van der Waals surface area (Å²) in [7, 11) is 0. The Morgan fingerprint density at radius 3 is 2.65 bits per heavy atom. The molecule has 98 valence electrons. The van der Waals surface area contributed by atoms with E-state index in [0.29, 0.717) is 6.54 Å². The molecule has 1 amide bonds. The number of carbonyl (C=O) groups is 2. The highest BCUT2D eigenvalue weighted by Gasteiger charge is 2.24. The van der Waals surface area contributed by atoms with Gasteiger partial charge in [0.25, 0.3) is 0 Å². The number of hydrogen-bond acceptors (Lipinski definition) is 3. The molecule has 0 bridgehead atoms. The zero-order valence-electron chi connectivity index (χ0n) is 10.5. The third kappa shape index (κ3) is 4.73. The predicted molar refractivity (Wildman–Crippen MR) is 62.6 cm³/mol. The standard InChI is InChI=1S/C12H21NO4/c1-9(2)12(16)13(6-5-11(14)15)8-10-4-3-7-17-10/h9-10H,3-8H2,1-2H3,(H,14,15). The Kier molecular flexibility index (Phi) is 5.41. The van der Waals surface area contributed by atoms with Crippen LogP contribution < -0.4 is 0 Å². The van der Waals surface area contributed by atoms with Gasteiger partial charge in [-0.25, -0.2) is 0 Å². The predicted octanol–water partition coefficient (Wildman–Crippen LogP) is 1.12. The second-order valence-electron chi connectivity index (χ2n) is 4.72. The van der Waals surface area contributed by atoms with Gasteiger partial charge in [-0.3, -0.25) is 9.59 Å². The Bertz CT molecular complexity index is 272. The van der Waals surface area contributed by atoms with E-state index < -0.39 is 5.97 Å². The third-order valence-electron chi connectivity index (χ3n) is 2.85. The van der Waals surface area contributed by atoms with Crippen molar-refractivity contribution in [3.8, 4) is 0 Å². The first-order chi connectivity index (χ1) is 8.00. The molecule has 17 heavy (non-hydrogen) atoms. The number of rotatable bonds is 6. The highest BCUT2D eigenvalue weighted by atomic mass is 16.5. The molecule has 1 fully saturated rings. The van der Waals surface area contributed by atoms with Crippen molar-refractivity contribution in [3.63, 3.8) is 0 Å². The van der Waals surface area contributed by atoms with Crippen molar-refractivity contribution in [1.29, 1.82) is 0 Å². The van der Waals surface area contributed by atoms with E-state index in [-0.39, 0.29) is 30.9 Å². The van der Waals surface area contributed by atoms with Crippen LogP contribution in [0.5, 0.6) is 0 Å². The monoisotopic (exact) mass is 243 g/mol. The molecule has 0 aromatic carbocycles. The van der Waals surface area contributed by atoms with Gasteiger partial charge in [0.15, 0.2) is 0 Å². The van der Waals surface area contributed by atoms with E-state index in [1.807, 2.05) is 13.8 Å². The van der Waals surface area contributed by atoms with Gasteiger partial charge in [0.1, 0.15) is 0 Å². The first kappa shape index (κ1) is 14.0. The van der Waals surface area contributed by atoms with Crippen LogP contribution in [-0.2, 0) is 14.3 Å². The van der Waals surface area contributed by atoms with E-state index in [2.05, 4.69) is 0 Å². The molecular formula is C12H21NO4. The van der Waals surface area contributed by atoms with E-state index in [1.54, 1.807) is 4.90 Å². The van der Waals surface area contributed by atoms with Gasteiger partial charge in [-0.15, -0.1) is 0 Å². The summed E-state index contributed by atoms with van der Waals surface area (Å²) in [5, 5.41) is 8.67. The average Bonchev–Trinajstić information content (AvgIpc) is 2.75. The summed E-state index contributed by atoms with van der Waals surface area (Å²) in [6.45, 7) is 5.18. The van der Waals surface area contributed by atoms with Crippen molar-refractivity contribution in [2.45, 2.75) is 39.2 Å². The molecule has 1 rings (SSSR count). The summed E-state index contributed by atoms with van der Waals surface area (Å²) in [6.07, 6.45) is 2.04. The normalized spacial score (nSPS) is 19.6. The van der Waals surface area contributed by atoms with Crippen molar-refractivity contribution in [2.24, 2.45) is 5.92 Å². The average molecular weight is 243 g/mol. The lowest BCUT2D eigenvalue weighted by atomic mass is 10.1. The van der Waals surface area contributed by atoms with Gasteiger partial charge >= 0.3 is 5.97 Å². The van der Waals surface area contributed by atoms with Crippen LogP contribution in [0.3, 0.4) is 0 Å². The Morgan fingerprint density at radius 2 is 2.18 bits per heavy atom. The minimum Gasteiger partial charge on any atom is -0.481 e. The van der Waals surface area contributed by atoms with Gasteiger partial charge in [-0.2, -0.15) is 0 Å². The summed E-state index contributed by atoms with van der Waals surface area (Å²) in [6, 6.07) is 0. The van der Waals surface area contributed by atoms with Gasteiger partial charge < -0.3 is 14.7 Å². The molecule has 0 spiro atoms. The first-order valence-electron chi connectivity index (χ1n) is 6.13. The molecular weight excluding hydrogens is 222 g/mol. The maximum atomic E-state index is 11.9. The molecule has 0 radical (unpaired) electrons. The van der Waals surface area contributed by atoms with Crippen LogP contribution in [0.15, 0.2) is 0 Å². The van der Waals surface area contributed by atoms with Gasteiger partial charge in [0, 0.05) is 25.6 Å². The smallest absolute Gasteiger partial charge is 0.305 e. The van der Waals surface area contributed by atoms with Gasteiger partial charge in [0.2, 0.25) is 5.91 Å². The second kappa shape index (κ2) is 6.59. The molecule has 0 aliphatic carbocycles. The van der Waals surface area contributed by atoms with Crippen LogP contribution in [0, 0.1) is 5.92 Å². The van der Waals surface area contributed by atoms with Crippen molar-refractivity contribution in [3.05, 3.63) is 0 Å². The number of carboxylic acids is 1. The minimum atomic E-state index is -0.876. The Balaban J connectivity index is 2.50. The number of aliphatic carboxylic acids is 1. The number of nitrogens with zero attached hydrogens (tertiary/aromatic N) is 1. The van der Waals surface area contributed by atoms with Crippen LogP contribution in [0.25, 0.3) is 0 Å². The zero-order valence-corrected chi connectivity index (χ0v) is 10.5. The molecule has 0 saturated carbocycles. The second-order valence-corrected chi connectivity index (χ2v) is 4.72. The fourth-order valence-electron chi connectivity index (χ4n) is 1.92. The van der Waals surface area contributed by atoms with Gasteiger partial charge in [0.05, 0.1) is 12.5 Å². The lowest BCUT2D eigenvalue weighted by Gasteiger charge is -2.26. The van der Waals surface area contributed by atoms with Gasteiger partial charge in [-0.1, -0.05) is 13.8 Å². The Hall–Kier alpha value is -1.10. The summed E-state index contributed by atoms with van der Waals surface area (Å²) in [4.78, 5) is 24.1. The summed E-state index contributed by atoms with van der Waals surface area (Å²) >= 11 is 0. The lowest BCUT2D eigenvalue weighted by Crippen LogP contribution is -2.40. The molecule has 1 unspecified atom stereocenters. The maximum absolute atomic E-state index is 11.9. The van der Waals surface area contributed by atoms with E-state index in [9.17, 15) is 9.59 Å². The molecule has 1 N–H and O–H groups in total. The SMILES string of the molecule is CC(C)C(=O)N(CCC(=O)O)CC1CCCO1. The van der Waals surface area contributed by atoms with Crippen molar-refractivity contribution < 1.29 is 19.4 Å². The summed E-state index contributed by atoms with van der Waals surface area (Å²) in [5.41, 5.74) is 0. The maximum Gasteiger partial charge on any atom is 0.305 e. The van der Waals surface area contributed by atoms with E-state index in [0.717, 1.165) is 19.4 Å². The molecule has 0 aromatic heterocycles. The topological polar surface area (TPSA) is 66.8 Å². The Morgan fingerprint density at radius 1 is 1.47 bits per heavy atom. The molecule has 1 aliphatic rings. The van der Waals surface area contributed by atoms with Crippen molar-refractivity contribution in [2.75, 3.05) is 19.7 Å². The number of ether oxygens (including phenoxy) is 1. The number of hydrogen-bond donors (Lipinski definition) is 1. The molecule has 1 saturated heterocycles. The zero-order chi connectivity index (χ0) is 12.8. The molecule has 5 nitrogen and oxygen atoms in total. The Labute approximate surface area is 102 Å². The van der Waals surface area contributed by atoms with Crippen LogP contribution in [0.4, 0.5) is 0 Å². The van der Waals surface area contributed by atoms with Gasteiger partial charge in [-0.05, 0) is 12.8 Å². The van der Waals surface area contributed by atoms with Crippen molar-refractivity contribution >= 4 is 11.9 Å². The molecule has 1 aliphatic heterocycles. The van der Waals surface area contributed by atoms with Crippen molar-refractivity contribution in [1.82, 2.24) is 4.90 Å². The number of carbonyl (C=O) groups excluding carboxylic acids is 1. The molecule has 1 heterocycles. The van der Waals surface area contributed by atoms with Crippen LogP contribution in [0.1, 0.15) is 33.1 Å². The third-order valence-corrected chi connectivity index (χ3v) is 2.85. The van der Waals surface area contributed by atoms with Crippen LogP contribution >= 0.6 is 0 Å². The fourth-order valence-corrected chi connectivity index (χ4v) is 1.92. The highest BCUT2D eigenvalue weighted by Crippen LogP contribution is 2.15. The number of amides is 1. The highest BCUT2D eigenvalue weighted by molar-refractivity contribution is 5.78. The molecule has 5 heteroatoms.